The molecule has 0 heterocycles. The van der Waals surface area contributed by atoms with Gasteiger partial charge in [-0.05, 0) is 0 Å². The Morgan fingerprint density at radius 3 is 2.60 bits per heavy atom. The molecule has 0 aromatic rings. The zero-order chi connectivity index (χ0) is 8.15. The van der Waals surface area contributed by atoms with Gasteiger partial charge in [-0.25, -0.2) is 9.18 Å². The molecule has 1 radical (unpaired) electrons. The lowest BCUT2D eigenvalue weighted by molar-refractivity contribution is -0.143. The van der Waals surface area contributed by atoms with E-state index in [0.717, 1.165) is 0 Å². The van der Waals surface area contributed by atoms with Crippen molar-refractivity contribution in [2.45, 2.75) is 18.6 Å². The molecule has 0 bridgehead atoms. The van der Waals surface area contributed by atoms with Gasteiger partial charge in [0.05, 0.1) is 6.04 Å². The zero-order valence-corrected chi connectivity index (χ0v) is 5.08. The van der Waals surface area contributed by atoms with Gasteiger partial charge in [0.15, 0.2) is 6.17 Å². The summed E-state index contributed by atoms with van der Waals surface area (Å²) in [6.45, 7) is 0. The lowest BCUT2D eigenvalue weighted by Crippen LogP contribution is -2.29. The van der Waals surface area contributed by atoms with E-state index in [4.69, 9.17) is 10.8 Å². The number of carbonyl (C=O) groups is 1. The predicted molar refractivity (Wildman–Crippen MR) is 30.8 cm³/mol. The summed E-state index contributed by atoms with van der Waals surface area (Å²) in [5.41, 5.74) is 4.88. The average molecular weight is 148 g/mol. The molecule has 3 N–H and O–H groups in total. The number of carboxylic acid groups (broad SMARTS) is 1. The van der Waals surface area contributed by atoms with Crippen LogP contribution >= 0.6 is 0 Å². The van der Waals surface area contributed by atoms with Gasteiger partial charge in [0, 0.05) is 6.42 Å². The van der Waals surface area contributed by atoms with Crippen LogP contribution < -0.4 is 5.73 Å². The maximum atomic E-state index is 12.1. The first-order chi connectivity index (χ1) is 4.57. The van der Waals surface area contributed by atoms with Gasteiger partial charge in [0.25, 0.3) is 0 Å². The van der Waals surface area contributed by atoms with Gasteiger partial charge in [-0.2, -0.15) is 0 Å². The molecule has 0 spiro atoms. The Bertz CT molecular complexity index is 139. The van der Waals surface area contributed by atoms with Crippen LogP contribution in [0.5, 0.6) is 0 Å². The summed E-state index contributed by atoms with van der Waals surface area (Å²) < 4.78 is 12.1. The van der Waals surface area contributed by atoms with Crippen LogP contribution in [-0.4, -0.2) is 29.6 Å². The molecule has 0 aliphatic rings. The summed E-state index contributed by atoms with van der Waals surface area (Å²) in [5, 5.41) is 7.97. The standard InChI is InChI=1S/C5H7FNO3/c6-4(5(9)10)1-3(7)2-8/h3-4H,1,7H2,(H,9,10)/t3-,4?/m0/s1. The molecule has 0 fully saturated rings. The highest BCUT2D eigenvalue weighted by Crippen LogP contribution is 1.98. The van der Waals surface area contributed by atoms with Crippen molar-refractivity contribution >= 4 is 12.3 Å². The summed E-state index contributed by atoms with van der Waals surface area (Å²) >= 11 is 0. The fraction of sp³-hybridized carbons (Fsp3) is 0.600. The Hall–Kier alpha value is -0.970. The lowest BCUT2D eigenvalue weighted by Gasteiger charge is -2.02. The molecule has 2 atom stereocenters. The first-order valence-electron chi connectivity index (χ1n) is 2.58. The minimum atomic E-state index is -2.07. The van der Waals surface area contributed by atoms with E-state index in [2.05, 4.69) is 0 Å². The summed E-state index contributed by atoms with van der Waals surface area (Å²) in [6, 6.07) is -1.15. The van der Waals surface area contributed by atoms with Gasteiger partial charge in [-0.1, -0.05) is 0 Å². The summed E-state index contributed by atoms with van der Waals surface area (Å²) in [6.07, 6.45) is -1.31. The fourth-order valence-electron chi connectivity index (χ4n) is 0.372. The number of hydrogen-bond acceptors (Lipinski definition) is 3. The van der Waals surface area contributed by atoms with Crippen LogP contribution in [0.3, 0.4) is 0 Å². The molecular weight excluding hydrogens is 141 g/mol. The number of nitrogens with two attached hydrogens (primary N) is 1. The Morgan fingerprint density at radius 2 is 2.30 bits per heavy atom. The maximum absolute atomic E-state index is 12.1. The third-order valence-electron chi connectivity index (χ3n) is 0.880. The second kappa shape index (κ2) is 3.94. The van der Waals surface area contributed by atoms with Crippen molar-refractivity contribution in [3.8, 4) is 0 Å². The molecule has 10 heavy (non-hydrogen) atoms. The van der Waals surface area contributed by atoms with E-state index in [1.54, 1.807) is 0 Å². The molecular formula is C5H7FNO3. The van der Waals surface area contributed by atoms with E-state index in [1.807, 2.05) is 0 Å². The van der Waals surface area contributed by atoms with E-state index >= 15 is 0 Å². The van der Waals surface area contributed by atoms with Crippen LogP contribution in [-0.2, 0) is 9.59 Å². The van der Waals surface area contributed by atoms with Crippen molar-refractivity contribution < 1.29 is 19.1 Å². The van der Waals surface area contributed by atoms with Gasteiger partial charge in [0.2, 0.25) is 6.29 Å². The predicted octanol–water partition coefficient (Wildman–Crippen LogP) is -0.764. The average Bonchev–Trinajstić information content (AvgIpc) is 1.87. The number of hydrogen-bond donors (Lipinski definition) is 2. The third kappa shape index (κ3) is 3.13. The largest absolute Gasteiger partial charge is 0.479 e. The smallest absolute Gasteiger partial charge is 0.338 e. The van der Waals surface area contributed by atoms with Crippen LogP contribution in [0, 0.1) is 0 Å². The van der Waals surface area contributed by atoms with Gasteiger partial charge in [-0.15, -0.1) is 0 Å². The van der Waals surface area contributed by atoms with Crippen molar-refractivity contribution in [3.05, 3.63) is 0 Å². The molecule has 0 saturated heterocycles. The van der Waals surface area contributed by atoms with E-state index in [1.165, 1.54) is 6.29 Å². The molecule has 0 aromatic carbocycles. The first-order valence-corrected chi connectivity index (χ1v) is 2.58. The van der Waals surface area contributed by atoms with Crippen molar-refractivity contribution in [2.24, 2.45) is 5.73 Å². The van der Waals surface area contributed by atoms with Crippen molar-refractivity contribution in [1.82, 2.24) is 0 Å². The van der Waals surface area contributed by atoms with Crippen molar-refractivity contribution in [1.29, 1.82) is 0 Å². The molecule has 1 unspecified atom stereocenters. The van der Waals surface area contributed by atoms with Gasteiger partial charge >= 0.3 is 5.97 Å². The minimum Gasteiger partial charge on any atom is -0.479 e. The first kappa shape index (κ1) is 9.03. The number of alkyl halides is 1. The van der Waals surface area contributed by atoms with Crippen LogP contribution in [0.1, 0.15) is 6.42 Å². The van der Waals surface area contributed by atoms with Crippen molar-refractivity contribution in [3.63, 3.8) is 0 Å². The van der Waals surface area contributed by atoms with E-state index in [-0.39, 0.29) is 0 Å². The highest BCUT2D eigenvalue weighted by Gasteiger charge is 2.19. The molecule has 57 valence electrons. The summed E-state index contributed by atoms with van der Waals surface area (Å²) in [5.74, 6) is -1.61. The number of carbonyl (C=O) groups excluding carboxylic acids is 1. The Kier molecular flexibility index (Phi) is 3.56. The van der Waals surface area contributed by atoms with Crippen LogP contribution in [0.2, 0.25) is 0 Å². The molecule has 5 heteroatoms. The zero-order valence-electron chi connectivity index (χ0n) is 5.08. The Balaban J connectivity index is 3.67. The summed E-state index contributed by atoms with van der Waals surface area (Å²) in [7, 11) is 0. The Morgan fingerprint density at radius 1 is 1.80 bits per heavy atom. The monoisotopic (exact) mass is 148 g/mol. The van der Waals surface area contributed by atoms with Crippen LogP contribution in [0.15, 0.2) is 0 Å². The van der Waals surface area contributed by atoms with E-state index < -0.39 is 24.6 Å². The molecule has 0 amide bonds. The number of halogens is 1. The van der Waals surface area contributed by atoms with Gasteiger partial charge < -0.3 is 10.8 Å². The maximum Gasteiger partial charge on any atom is 0.338 e. The normalized spacial score (nSPS) is 15.8. The quantitative estimate of drug-likeness (QED) is 0.549. The SMILES string of the molecule is N[C@H]([C]=O)CC(F)C(=O)O. The lowest BCUT2D eigenvalue weighted by atomic mass is 10.2. The van der Waals surface area contributed by atoms with Gasteiger partial charge in [0.1, 0.15) is 0 Å². The number of carboxylic acids is 1. The van der Waals surface area contributed by atoms with E-state index in [9.17, 15) is 14.0 Å². The molecule has 0 rings (SSSR count). The second-order valence-corrected chi connectivity index (χ2v) is 1.77. The van der Waals surface area contributed by atoms with Crippen molar-refractivity contribution in [2.75, 3.05) is 0 Å². The third-order valence-corrected chi connectivity index (χ3v) is 0.880. The highest BCUT2D eigenvalue weighted by atomic mass is 19.1. The van der Waals surface area contributed by atoms with Gasteiger partial charge in [-0.3, -0.25) is 4.79 Å². The molecule has 0 saturated carbocycles. The number of aliphatic carboxylic acids is 1. The highest BCUT2D eigenvalue weighted by molar-refractivity contribution is 5.73. The summed E-state index contributed by atoms with van der Waals surface area (Å²) in [4.78, 5) is 19.4. The molecule has 0 aliphatic heterocycles. The second-order valence-electron chi connectivity index (χ2n) is 1.77. The van der Waals surface area contributed by atoms with Crippen LogP contribution in [0.25, 0.3) is 0 Å². The molecule has 4 nitrogen and oxygen atoms in total. The van der Waals surface area contributed by atoms with Crippen LogP contribution in [0.4, 0.5) is 4.39 Å². The minimum absolute atomic E-state index is 0.515. The Labute approximate surface area is 56.8 Å². The molecule has 0 aromatic heterocycles. The number of rotatable bonds is 4. The molecule has 0 aliphatic carbocycles. The van der Waals surface area contributed by atoms with E-state index in [0.29, 0.717) is 0 Å². The topological polar surface area (TPSA) is 80.4 Å². The fourth-order valence-corrected chi connectivity index (χ4v) is 0.372.